The van der Waals surface area contributed by atoms with Crippen LogP contribution in [-0.2, 0) is 12.1 Å². The first-order valence-electron chi connectivity index (χ1n) is 5.31. The van der Waals surface area contributed by atoms with E-state index in [4.69, 9.17) is 11.6 Å². The van der Waals surface area contributed by atoms with Crippen LogP contribution in [0.4, 0.5) is 13.2 Å². The van der Waals surface area contributed by atoms with Gasteiger partial charge in [-0.05, 0) is 30.7 Å². The molecule has 1 heterocycles. The molecule has 0 unspecified atom stereocenters. The molecule has 0 aliphatic rings. The molecule has 1 aromatic heterocycles. The molecule has 0 aliphatic heterocycles. The van der Waals surface area contributed by atoms with Gasteiger partial charge in [0.2, 0.25) is 0 Å². The fourth-order valence-electron chi connectivity index (χ4n) is 1.82. The summed E-state index contributed by atoms with van der Waals surface area (Å²) in [6, 6.07) is 4.99. The topological polar surface area (TPSA) is 17.8 Å². The SMILES string of the molecule is Cc1cc(Br)ccc1-n1ncc(CCl)c1C(F)(F)F. The number of aryl methyl sites for hydroxylation is 1. The second kappa shape index (κ2) is 5.17. The Morgan fingerprint density at radius 2 is 2.05 bits per heavy atom. The smallest absolute Gasteiger partial charge is 0.228 e. The Balaban J connectivity index is 2.66. The Morgan fingerprint density at radius 3 is 2.58 bits per heavy atom. The lowest BCUT2D eigenvalue weighted by molar-refractivity contribution is -0.143. The maximum Gasteiger partial charge on any atom is 0.433 e. The third-order valence-corrected chi connectivity index (χ3v) is 3.43. The van der Waals surface area contributed by atoms with E-state index in [9.17, 15) is 13.2 Å². The summed E-state index contributed by atoms with van der Waals surface area (Å²) in [5.41, 5.74) is 0.209. The molecule has 1 aromatic carbocycles. The zero-order valence-corrected chi connectivity index (χ0v) is 12.1. The highest BCUT2D eigenvalue weighted by molar-refractivity contribution is 9.10. The lowest BCUT2D eigenvalue weighted by Gasteiger charge is -2.14. The van der Waals surface area contributed by atoms with Crippen LogP contribution >= 0.6 is 27.5 Å². The van der Waals surface area contributed by atoms with Crippen molar-refractivity contribution in [2.24, 2.45) is 0 Å². The summed E-state index contributed by atoms with van der Waals surface area (Å²) in [5.74, 6) is -0.232. The van der Waals surface area contributed by atoms with Gasteiger partial charge in [-0.15, -0.1) is 11.6 Å². The lowest BCUT2D eigenvalue weighted by atomic mass is 10.2. The highest BCUT2D eigenvalue weighted by Gasteiger charge is 2.38. The maximum atomic E-state index is 13.1. The Kier molecular flexibility index (Phi) is 3.92. The second-order valence-electron chi connectivity index (χ2n) is 3.99. The van der Waals surface area contributed by atoms with Crippen LogP contribution in [0.1, 0.15) is 16.8 Å². The first-order chi connectivity index (χ1) is 8.84. The van der Waals surface area contributed by atoms with Crippen molar-refractivity contribution in [1.82, 2.24) is 9.78 Å². The summed E-state index contributed by atoms with van der Waals surface area (Å²) >= 11 is 8.82. The van der Waals surface area contributed by atoms with E-state index < -0.39 is 11.9 Å². The van der Waals surface area contributed by atoms with E-state index in [1.165, 1.54) is 0 Å². The Bertz CT molecular complexity index is 608. The molecule has 2 nitrogen and oxygen atoms in total. The minimum atomic E-state index is -4.50. The molecule has 0 fully saturated rings. The summed E-state index contributed by atoms with van der Waals surface area (Å²) in [5, 5.41) is 3.81. The van der Waals surface area contributed by atoms with E-state index in [1.54, 1.807) is 25.1 Å². The Morgan fingerprint density at radius 1 is 1.37 bits per heavy atom. The molecular weight excluding hydrogens is 344 g/mol. The molecule has 0 saturated heterocycles. The molecule has 102 valence electrons. The third-order valence-electron chi connectivity index (χ3n) is 2.64. The number of alkyl halides is 4. The summed E-state index contributed by atoms with van der Waals surface area (Å²) in [6.07, 6.45) is -3.35. The van der Waals surface area contributed by atoms with Crippen molar-refractivity contribution in [3.8, 4) is 5.69 Å². The summed E-state index contributed by atoms with van der Waals surface area (Å²) < 4.78 is 41.0. The number of hydrogen-bond acceptors (Lipinski definition) is 1. The number of hydrogen-bond donors (Lipinski definition) is 0. The van der Waals surface area contributed by atoms with Gasteiger partial charge in [0, 0.05) is 10.0 Å². The summed E-state index contributed by atoms with van der Waals surface area (Å²) in [7, 11) is 0. The molecule has 0 amide bonds. The molecule has 0 radical (unpaired) electrons. The van der Waals surface area contributed by atoms with Crippen molar-refractivity contribution >= 4 is 27.5 Å². The molecule has 19 heavy (non-hydrogen) atoms. The fraction of sp³-hybridized carbons (Fsp3) is 0.250. The van der Waals surface area contributed by atoms with Crippen molar-refractivity contribution in [2.75, 3.05) is 0 Å². The van der Waals surface area contributed by atoms with Gasteiger partial charge in [0.1, 0.15) is 0 Å². The zero-order chi connectivity index (χ0) is 14.2. The van der Waals surface area contributed by atoms with Gasteiger partial charge in [0.05, 0.1) is 17.8 Å². The van der Waals surface area contributed by atoms with Crippen LogP contribution in [0.25, 0.3) is 5.69 Å². The number of aromatic nitrogens is 2. The predicted molar refractivity (Wildman–Crippen MR) is 70.6 cm³/mol. The quantitative estimate of drug-likeness (QED) is 0.716. The molecule has 7 heteroatoms. The Hall–Kier alpha value is -1.01. The fourth-order valence-corrected chi connectivity index (χ4v) is 2.49. The normalized spacial score (nSPS) is 11.9. The predicted octanol–water partition coefficient (Wildman–Crippen LogP) is 4.70. The van der Waals surface area contributed by atoms with Crippen molar-refractivity contribution in [2.45, 2.75) is 19.0 Å². The van der Waals surface area contributed by atoms with Crippen LogP contribution < -0.4 is 0 Å². The summed E-state index contributed by atoms with van der Waals surface area (Å²) in [4.78, 5) is 0. The van der Waals surface area contributed by atoms with E-state index in [0.717, 1.165) is 15.4 Å². The van der Waals surface area contributed by atoms with Gasteiger partial charge in [0.25, 0.3) is 0 Å². The van der Waals surface area contributed by atoms with E-state index in [2.05, 4.69) is 21.0 Å². The third kappa shape index (κ3) is 2.79. The van der Waals surface area contributed by atoms with Gasteiger partial charge < -0.3 is 0 Å². The maximum absolute atomic E-state index is 13.1. The highest BCUT2D eigenvalue weighted by Crippen LogP contribution is 2.35. The number of halogens is 5. The van der Waals surface area contributed by atoms with Gasteiger partial charge in [-0.2, -0.15) is 18.3 Å². The minimum absolute atomic E-state index is 0.0310. The molecule has 0 atom stereocenters. The number of nitrogens with zero attached hydrogens (tertiary/aromatic N) is 2. The molecule has 2 aromatic rings. The van der Waals surface area contributed by atoms with E-state index in [-0.39, 0.29) is 11.4 Å². The van der Waals surface area contributed by atoms with Crippen LogP contribution in [0.3, 0.4) is 0 Å². The van der Waals surface area contributed by atoms with Crippen LogP contribution in [0.2, 0.25) is 0 Å². The van der Waals surface area contributed by atoms with Crippen molar-refractivity contribution in [1.29, 1.82) is 0 Å². The van der Waals surface area contributed by atoms with Crippen molar-refractivity contribution < 1.29 is 13.2 Å². The first kappa shape index (κ1) is 14.4. The monoisotopic (exact) mass is 352 g/mol. The second-order valence-corrected chi connectivity index (χ2v) is 5.18. The molecule has 0 spiro atoms. The standard InChI is InChI=1S/C12H9BrClF3N2/c1-7-4-9(13)2-3-10(7)19-11(12(15,16)17)8(5-14)6-18-19/h2-4,6H,5H2,1H3. The van der Waals surface area contributed by atoms with Crippen LogP contribution in [0.15, 0.2) is 28.9 Å². The number of benzene rings is 1. The summed E-state index contributed by atoms with van der Waals surface area (Å²) in [6.45, 7) is 1.72. The molecule has 0 saturated carbocycles. The molecule has 0 N–H and O–H groups in total. The van der Waals surface area contributed by atoms with Gasteiger partial charge in [0.15, 0.2) is 5.69 Å². The molecule has 0 aliphatic carbocycles. The van der Waals surface area contributed by atoms with Crippen LogP contribution in [0, 0.1) is 6.92 Å². The minimum Gasteiger partial charge on any atom is -0.228 e. The van der Waals surface area contributed by atoms with Crippen LogP contribution in [0.5, 0.6) is 0 Å². The average Bonchev–Trinajstić information content (AvgIpc) is 2.72. The molecular formula is C12H9BrClF3N2. The lowest BCUT2D eigenvalue weighted by Crippen LogP contribution is -2.15. The van der Waals surface area contributed by atoms with Crippen LogP contribution in [-0.4, -0.2) is 9.78 Å². The van der Waals surface area contributed by atoms with Crippen molar-refractivity contribution in [3.63, 3.8) is 0 Å². The largest absolute Gasteiger partial charge is 0.433 e. The van der Waals surface area contributed by atoms with E-state index in [0.29, 0.717) is 11.3 Å². The molecule has 2 rings (SSSR count). The van der Waals surface area contributed by atoms with Gasteiger partial charge in [-0.25, -0.2) is 4.68 Å². The van der Waals surface area contributed by atoms with E-state index in [1.807, 2.05) is 0 Å². The van der Waals surface area contributed by atoms with Gasteiger partial charge in [-0.3, -0.25) is 0 Å². The zero-order valence-electron chi connectivity index (χ0n) is 9.80. The van der Waals surface area contributed by atoms with Gasteiger partial charge >= 0.3 is 6.18 Å². The van der Waals surface area contributed by atoms with Gasteiger partial charge in [-0.1, -0.05) is 15.9 Å². The van der Waals surface area contributed by atoms with E-state index >= 15 is 0 Å². The number of rotatable bonds is 2. The average molecular weight is 354 g/mol. The first-order valence-corrected chi connectivity index (χ1v) is 6.64. The molecule has 0 bridgehead atoms. The Labute approximate surface area is 121 Å². The van der Waals surface area contributed by atoms with Crippen molar-refractivity contribution in [3.05, 3.63) is 45.7 Å². The highest BCUT2D eigenvalue weighted by atomic mass is 79.9.